The van der Waals surface area contributed by atoms with Gasteiger partial charge >= 0.3 is 5.97 Å². The lowest BCUT2D eigenvalue weighted by Gasteiger charge is -2.15. The number of likely N-dealkylation sites (tertiary alicyclic amines) is 1. The Morgan fingerprint density at radius 1 is 1.47 bits per heavy atom. The van der Waals surface area contributed by atoms with E-state index in [0.717, 1.165) is 5.56 Å². The minimum atomic E-state index is -0.934. The number of carboxylic acid groups (broad SMARTS) is 1. The van der Waals surface area contributed by atoms with Crippen LogP contribution in [0.2, 0.25) is 0 Å². The highest BCUT2D eigenvalue weighted by Crippen LogP contribution is 2.21. The second-order valence-electron chi connectivity index (χ2n) is 4.18. The topological polar surface area (TPSA) is 77.8 Å². The van der Waals surface area contributed by atoms with E-state index in [1.807, 2.05) is 0 Å². The van der Waals surface area contributed by atoms with Crippen LogP contribution in [0.25, 0.3) is 0 Å². The fourth-order valence-electron chi connectivity index (χ4n) is 1.97. The van der Waals surface area contributed by atoms with Gasteiger partial charge in [-0.05, 0) is 17.7 Å². The van der Waals surface area contributed by atoms with Gasteiger partial charge in [-0.2, -0.15) is 0 Å². The Labute approximate surface area is 98.3 Å². The maximum absolute atomic E-state index is 11.6. The number of carbonyl (C=O) groups excluding carboxylic acids is 1. The minimum absolute atomic E-state index is 0.0636. The number of carbonyl (C=O) groups is 2. The predicted molar refractivity (Wildman–Crippen MR) is 59.3 cm³/mol. The van der Waals surface area contributed by atoms with Crippen molar-refractivity contribution in [1.29, 1.82) is 0 Å². The van der Waals surface area contributed by atoms with Gasteiger partial charge in [0.15, 0.2) is 0 Å². The second-order valence-corrected chi connectivity index (χ2v) is 4.18. The molecule has 5 nitrogen and oxygen atoms in total. The Bertz CT molecular complexity index is 458. The zero-order valence-corrected chi connectivity index (χ0v) is 9.17. The monoisotopic (exact) mass is 235 g/mol. The number of nitrogens with zero attached hydrogens (tertiary/aromatic N) is 1. The van der Waals surface area contributed by atoms with E-state index in [2.05, 4.69) is 0 Å². The van der Waals surface area contributed by atoms with Crippen LogP contribution in [0.5, 0.6) is 5.75 Å². The average Bonchev–Trinajstić information content (AvgIpc) is 2.61. The number of hydrogen-bond acceptors (Lipinski definition) is 3. The van der Waals surface area contributed by atoms with Crippen molar-refractivity contribution < 1.29 is 19.8 Å². The van der Waals surface area contributed by atoms with E-state index in [4.69, 9.17) is 5.11 Å². The molecule has 2 N–H and O–H groups in total. The Balaban J connectivity index is 2.05. The normalized spacial score (nSPS) is 19.6. The van der Waals surface area contributed by atoms with Gasteiger partial charge in [0.25, 0.3) is 0 Å². The molecule has 0 aromatic heterocycles. The number of carboxylic acids is 1. The Kier molecular flexibility index (Phi) is 2.99. The largest absolute Gasteiger partial charge is 0.508 e. The average molecular weight is 235 g/mol. The van der Waals surface area contributed by atoms with E-state index in [1.54, 1.807) is 24.3 Å². The van der Waals surface area contributed by atoms with Crippen molar-refractivity contribution in [3.8, 4) is 5.75 Å². The van der Waals surface area contributed by atoms with E-state index in [9.17, 15) is 14.7 Å². The lowest BCUT2D eigenvalue weighted by molar-refractivity contribution is -0.141. The molecule has 1 atom stereocenters. The third kappa shape index (κ3) is 2.55. The zero-order valence-electron chi connectivity index (χ0n) is 9.17. The second kappa shape index (κ2) is 4.45. The van der Waals surface area contributed by atoms with Crippen LogP contribution in [0.1, 0.15) is 12.0 Å². The van der Waals surface area contributed by atoms with Crippen LogP contribution in [0.4, 0.5) is 0 Å². The molecule has 0 unspecified atom stereocenters. The summed E-state index contributed by atoms with van der Waals surface area (Å²) in [5.41, 5.74) is 0.796. The van der Waals surface area contributed by atoms with Crippen LogP contribution in [0.15, 0.2) is 24.3 Å². The number of benzene rings is 1. The number of rotatable bonds is 3. The van der Waals surface area contributed by atoms with Crippen LogP contribution in [-0.4, -0.2) is 33.5 Å². The molecular formula is C12H13NO4. The first kappa shape index (κ1) is 11.4. The number of phenols is 1. The molecule has 1 saturated heterocycles. The van der Waals surface area contributed by atoms with E-state index in [0.29, 0.717) is 6.54 Å². The molecule has 0 saturated carbocycles. The van der Waals surface area contributed by atoms with Crippen LogP contribution in [0, 0.1) is 5.92 Å². The van der Waals surface area contributed by atoms with Crippen molar-refractivity contribution in [1.82, 2.24) is 4.90 Å². The van der Waals surface area contributed by atoms with Crippen molar-refractivity contribution in [2.45, 2.75) is 13.0 Å². The quantitative estimate of drug-likeness (QED) is 0.813. The lowest BCUT2D eigenvalue weighted by Crippen LogP contribution is -2.25. The first-order chi connectivity index (χ1) is 8.06. The standard InChI is InChI=1S/C12H13NO4/c14-10-3-1-2-8(4-10)6-13-7-9(12(16)17)5-11(13)15/h1-4,9,14H,5-7H2,(H,16,17)/t9-/m1/s1. The van der Waals surface area contributed by atoms with E-state index in [1.165, 1.54) is 4.90 Å². The molecule has 1 aromatic rings. The molecule has 1 amide bonds. The predicted octanol–water partition coefficient (Wildman–Crippen LogP) is 0.825. The van der Waals surface area contributed by atoms with Crippen LogP contribution in [-0.2, 0) is 16.1 Å². The molecule has 0 radical (unpaired) electrons. The first-order valence-electron chi connectivity index (χ1n) is 5.35. The minimum Gasteiger partial charge on any atom is -0.508 e. The fraction of sp³-hybridized carbons (Fsp3) is 0.333. The summed E-state index contributed by atoms with van der Waals surface area (Å²) >= 11 is 0. The van der Waals surface area contributed by atoms with Gasteiger partial charge in [0.2, 0.25) is 5.91 Å². The Morgan fingerprint density at radius 2 is 2.24 bits per heavy atom. The first-order valence-corrected chi connectivity index (χ1v) is 5.35. The highest BCUT2D eigenvalue weighted by Gasteiger charge is 2.33. The molecule has 1 aromatic carbocycles. The summed E-state index contributed by atoms with van der Waals surface area (Å²) in [5.74, 6) is -1.55. The van der Waals surface area contributed by atoms with Gasteiger partial charge < -0.3 is 15.1 Å². The van der Waals surface area contributed by atoms with Gasteiger partial charge in [-0.15, -0.1) is 0 Å². The summed E-state index contributed by atoms with van der Waals surface area (Å²) < 4.78 is 0. The molecular weight excluding hydrogens is 222 g/mol. The van der Waals surface area contributed by atoms with Gasteiger partial charge in [-0.3, -0.25) is 9.59 Å². The summed E-state index contributed by atoms with van der Waals surface area (Å²) in [7, 11) is 0. The summed E-state index contributed by atoms with van der Waals surface area (Å²) in [6, 6.07) is 6.61. The van der Waals surface area contributed by atoms with Crippen molar-refractivity contribution in [2.75, 3.05) is 6.54 Å². The Hall–Kier alpha value is -2.04. The van der Waals surface area contributed by atoms with Crippen LogP contribution < -0.4 is 0 Å². The van der Waals surface area contributed by atoms with E-state index < -0.39 is 11.9 Å². The molecule has 5 heteroatoms. The third-order valence-electron chi connectivity index (χ3n) is 2.85. The highest BCUT2D eigenvalue weighted by atomic mass is 16.4. The lowest BCUT2D eigenvalue weighted by atomic mass is 10.1. The zero-order chi connectivity index (χ0) is 12.4. The number of aliphatic carboxylic acids is 1. The number of hydrogen-bond donors (Lipinski definition) is 2. The van der Waals surface area contributed by atoms with Crippen molar-refractivity contribution in [2.24, 2.45) is 5.92 Å². The van der Waals surface area contributed by atoms with Gasteiger partial charge in [0.1, 0.15) is 5.75 Å². The van der Waals surface area contributed by atoms with Gasteiger partial charge in [-0.1, -0.05) is 12.1 Å². The van der Waals surface area contributed by atoms with Crippen LogP contribution >= 0.6 is 0 Å². The van der Waals surface area contributed by atoms with E-state index in [-0.39, 0.29) is 24.6 Å². The van der Waals surface area contributed by atoms with Crippen molar-refractivity contribution >= 4 is 11.9 Å². The van der Waals surface area contributed by atoms with E-state index >= 15 is 0 Å². The SMILES string of the molecule is O=C(O)[C@@H]1CC(=O)N(Cc2cccc(O)c2)C1. The van der Waals surface area contributed by atoms with Gasteiger partial charge in [0.05, 0.1) is 5.92 Å². The Morgan fingerprint density at radius 3 is 2.82 bits per heavy atom. The summed E-state index contributed by atoms with van der Waals surface area (Å²) in [4.78, 5) is 23.9. The third-order valence-corrected chi connectivity index (χ3v) is 2.85. The molecule has 1 fully saturated rings. The molecule has 0 bridgehead atoms. The summed E-state index contributed by atoms with van der Waals surface area (Å²) in [6.45, 7) is 0.584. The molecule has 1 aliphatic heterocycles. The molecule has 1 heterocycles. The number of phenolic OH excluding ortho intramolecular Hbond substituents is 1. The molecule has 1 aliphatic rings. The van der Waals surface area contributed by atoms with Crippen molar-refractivity contribution in [3.05, 3.63) is 29.8 Å². The molecule has 2 rings (SSSR count). The number of aromatic hydroxyl groups is 1. The van der Waals surface area contributed by atoms with Gasteiger partial charge in [0, 0.05) is 19.5 Å². The molecule has 0 spiro atoms. The summed E-state index contributed by atoms with van der Waals surface area (Å²) in [6.07, 6.45) is 0.0636. The van der Waals surface area contributed by atoms with Crippen molar-refractivity contribution in [3.63, 3.8) is 0 Å². The smallest absolute Gasteiger partial charge is 0.308 e. The fourth-order valence-corrected chi connectivity index (χ4v) is 1.97. The molecule has 17 heavy (non-hydrogen) atoms. The highest BCUT2D eigenvalue weighted by molar-refractivity contribution is 5.86. The summed E-state index contributed by atoms with van der Waals surface area (Å²) in [5, 5.41) is 18.1. The van der Waals surface area contributed by atoms with Crippen LogP contribution in [0.3, 0.4) is 0 Å². The maximum Gasteiger partial charge on any atom is 0.308 e. The maximum atomic E-state index is 11.6. The van der Waals surface area contributed by atoms with Gasteiger partial charge in [-0.25, -0.2) is 0 Å². The number of amides is 1. The molecule has 0 aliphatic carbocycles. The molecule has 90 valence electrons.